The van der Waals surface area contributed by atoms with Crippen molar-refractivity contribution in [2.75, 3.05) is 13.7 Å². The Bertz CT molecular complexity index is 357. The fourth-order valence-corrected chi connectivity index (χ4v) is 2.84. The Morgan fingerprint density at radius 2 is 1.62 bits per heavy atom. The molecule has 0 radical (unpaired) electrons. The van der Waals surface area contributed by atoms with Crippen LogP contribution < -0.4 is 9.47 Å². The molecule has 0 bridgehead atoms. The normalized spacial score (nSPS) is 10.6. The van der Waals surface area contributed by atoms with E-state index in [2.05, 4.69) is 28.9 Å². The zero-order valence-corrected chi connectivity index (χ0v) is 15.1. The second-order valence-electron chi connectivity index (χ2n) is 5.41. The number of unbranched alkanes of at least 4 members (excludes halogenated alkanes) is 7. The van der Waals surface area contributed by atoms with Crippen LogP contribution >= 0.6 is 15.9 Å². The lowest BCUT2D eigenvalue weighted by Crippen LogP contribution is -2.01. The van der Waals surface area contributed by atoms with Gasteiger partial charge in [0, 0.05) is 10.9 Å². The van der Waals surface area contributed by atoms with Crippen molar-refractivity contribution in [1.82, 2.24) is 0 Å². The van der Waals surface area contributed by atoms with E-state index in [1.54, 1.807) is 7.11 Å². The average Bonchev–Trinajstić information content (AvgIpc) is 2.53. The molecule has 0 N–H and O–H groups in total. The first-order valence-electron chi connectivity index (χ1n) is 8.18. The highest BCUT2D eigenvalue weighted by Gasteiger charge is 2.09. The van der Waals surface area contributed by atoms with Gasteiger partial charge in [0.05, 0.1) is 13.7 Å². The fraction of sp³-hybridized carbons (Fsp3) is 0.667. The Balaban J connectivity index is 2.20. The molecule has 21 heavy (non-hydrogen) atoms. The van der Waals surface area contributed by atoms with E-state index in [-0.39, 0.29) is 0 Å². The van der Waals surface area contributed by atoms with Crippen LogP contribution in [0.1, 0.15) is 63.9 Å². The Morgan fingerprint density at radius 3 is 2.24 bits per heavy atom. The zero-order valence-electron chi connectivity index (χ0n) is 13.5. The van der Waals surface area contributed by atoms with Crippen LogP contribution in [0.15, 0.2) is 18.2 Å². The lowest BCUT2D eigenvalue weighted by atomic mass is 10.1. The minimum Gasteiger partial charge on any atom is -0.493 e. The molecule has 1 aromatic carbocycles. The monoisotopic (exact) mass is 356 g/mol. The molecule has 0 atom stereocenters. The molecule has 120 valence electrons. The van der Waals surface area contributed by atoms with Crippen molar-refractivity contribution in [3.63, 3.8) is 0 Å². The summed E-state index contributed by atoms with van der Waals surface area (Å²) in [5.41, 5.74) is 1.15. The Morgan fingerprint density at radius 1 is 0.952 bits per heavy atom. The van der Waals surface area contributed by atoms with Crippen LogP contribution in [-0.4, -0.2) is 13.7 Å². The van der Waals surface area contributed by atoms with Crippen LogP contribution in [0.3, 0.4) is 0 Å². The van der Waals surface area contributed by atoms with Crippen LogP contribution in [0.4, 0.5) is 0 Å². The molecule has 1 aromatic rings. The topological polar surface area (TPSA) is 18.5 Å². The number of hydrogen-bond acceptors (Lipinski definition) is 2. The Labute approximate surface area is 138 Å². The van der Waals surface area contributed by atoms with Gasteiger partial charge in [-0.3, -0.25) is 0 Å². The van der Waals surface area contributed by atoms with Crippen LogP contribution in [0, 0.1) is 0 Å². The molecule has 3 heteroatoms. The predicted molar refractivity (Wildman–Crippen MR) is 93.7 cm³/mol. The maximum atomic E-state index is 5.94. The third-order valence-electron chi connectivity index (χ3n) is 3.67. The minimum absolute atomic E-state index is 0.773. The van der Waals surface area contributed by atoms with Crippen molar-refractivity contribution in [3.05, 3.63) is 23.8 Å². The van der Waals surface area contributed by atoms with Gasteiger partial charge in [0.15, 0.2) is 11.5 Å². The van der Waals surface area contributed by atoms with E-state index in [0.29, 0.717) is 0 Å². The number of para-hydroxylation sites is 1. The molecule has 2 nitrogen and oxygen atoms in total. The maximum Gasteiger partial charge on any atom is 0.165 e. The highest BCUT2D eigenvalue weighted by molar-refractivity contribution is 9.08. The summed E-state index contributed by atoms with van der Waals surface area (Å²) in [4.78, 5) is 0. The highest BCUT2D eigenvalue weighted by atomic mass is 79.9. The van der Waals surface area contributed by atoms with Crippen LogP contribution in [0.2, 0.25) is 0 Å². The summed E-state index contributed by atoms with van der Waals surface area (Å²) in [6.45, 7) is 3.03. The lowest BCUT2D eigenvalue weighted by molar-refractivity contribution is 0.282. The van der Waals surface area contributed by atoms with Gasteiger partial charge >= 0.3 is 0 Å². The van der Waals surface area contributed by atoms with Crippen molar-refractivity contribution >= 4 is 15.9 Å². The quantitative estimate of drug-likeness (QED) is 0.332. The number of ether oxygens (including phenoxy) is 2. The van der Waals surface area contributed by atoms with Crippen LogP contribution in [-0.2, 0) is 5.33 Å². The summed E-state index contributed by atoms with van der Waals surface area (Å²) >= 11 is 3.50. The van der Waals surface area contributed by atoms with Gasteiger partial charge < -0.3 is 9.47 Å². The van der Waals surface area contributed by atoms with Gasteiger partial charge in [-0.05, 0) is 12.5 Å². The molecule has 0 fully saturated rings. The minimum atomic E-state index is 0.773. The van der Waals surface area contributed by atoms with Crippen LogP contribution in [0.25, 0.3) is 0 Å². The van der Waals surface area contributed by atoms with E-state index in [4.69, 9.17) is 9.47 Å². The van der Waals surface area contributed by atoms with Gasteiger partial charge in [0.2, 0.25) is 0 Å². The van der Waals surface area contributed by atoms with Gasteiger partial charge in [-0.1, -0.05) is 79.9 Å². The number of rotatable bonds is 12. The Hall–Kier alpha value is -0.700. The van der Waals surface area contributed by atoms with Gasteiger partial charge in [0.25, 0.3) is 0 Å². The molecule has 0 heterocycles. The summed E-state index contributed by atoms with van der Waals surface area (Å²) in [6.07, 6.45) is 10.5. The van der Waals surface area contributed by atoms with E-state index in [0.717, 1.165) is 35.4 Å². The van der Waals surface area contributed by atoms with Crippen molar-refractivity contribution in [3.8, 4) is 11.5 Å². The standard InChI is InChI=1S/C18H29BrO2/c1-3-4-5-6-7-8-9-10-14-21-18-16(15-19)12-11-13-17(18)20-2/h11-13H,3-10,14-15H2,1-2H3. The summed E-state index contributed by atoms with van der Waals surface area (Å²) in [5, 5.41) is 0.789. The molecule has 0 saturated carbocycles. The summed E-state index contributed by atoms with van der Waals surface area (Å²) in [6, 6.07) is 6.02. The number of methoxy groups -OCH3 is 1. The van der Waals surface area contributed by atoms with E-state index < -0.39 is 0 Å². The van der Waals surface area contributed by atoms with E-state index >= 15 is 0 Å². The molecule has 0 aromatic heterocycles. The summed E-state index contributed by atoms with van der Waals surface area (Å²) in [5.74, 6) is 1.71. The molecular formula is C18H29BrO2. The maximum absolute atomic E-state index is 5.94. The van der Waals surface area contributed by atoms with Gasteiger partial charge in [0.1, 0.15) is 0 Å². The van der Waals surface area contributed by atoms with E-state index in [1.165, 1.54) is 44.9 Å². The predicted octanol–water partition coefficient (Wildman–Crippen LogP) is 6.11. The number of halogens is 1. The molecule has 0 amide bonds. The molecule has 0 aliphatic rings. The van der Waals surface area contributed by atoms with Crippen molar-refractivity contribution in [2.24, 2.45) is 0 Å². The molecule has 0 saturated heterocycles. The third kappa shape index (κ3) is 7.21. The molecule has 1 rings (SSSR count). The molecule has 0 aliphatic carbocycles. The fourth-order valence-electron chi connectivity index (χ4n) is 2.40. The second-order valence-corrected chi connectivity index (χ2v) is 5.97. The van der Waals surface area contributed by atoms with Crippen molar-refractivity contribution in [1.29, 1.82) is 0 Å². The van der Waals surface area contributed by atoms with Crippen LogP contribution in [0.5, 0.6) is 11.5 Å². The summed E-state index contributed by atoms with van der Waals surface area (Å²) in [7, 11) is 1.69. The van der Waals surface area contributed by atoms with Crippen molar-refractivity contribution in [2.45, 2.75) is 63.6 Å². The second kappa shape index (κ2) is 11.9. The SMILES string of the molecule is CCCCCCCCCCOc1c(CBr)cccc1OC. The number of hydrogen-bond donors (Lipinski definition) is 0. The largest absolute Gasteiger partial charge is 0.493 e. The first-order valence-corrected chi connectivity index (χ1v) is 9.30. The van der Waals surface area contributed by atoms with E-state index in [9.17, 15) is 0 Å². The zero-order chi connectivity index (χ0) is 15.3. The molecular weight excluding hydrogens is 328 g/mol. The third-order valence-corrected chi connectivity index (χ3v) is 4.27. The smallest absolute Gasteiger partial charge is 0.165 e. The first kappa shape index (κ1) is 18.3. The molecule has 0 aliphatic heterocycles. The van der Waals surface area contributed by atoms with Crippen molar-refractivity contribution < 1.29 is 9.47 Å². The number of alkyl halides is 1. The van der Waals surface area contributed by atoms with Gasteiger partial charge in [-0.2, -0.15) is 0 Å². The highest BCUT2D eigenvalue weighted by Crippen LogP contribution is 2.32. The first-order chi connectivity index (χ1) is 10.3. The lowest BCUT2D eigenvalue weighted by Gasteiger charge is -2.13. The Kier molecular flexibility index (Phi) is 10.4. The summed E-state index contributed by atoms with van der Waals surface area (Å²) < 4.78 is 11.3. The molecule has 0 spiro atoms. The molecule has 0 unspecified atom stereocenters. The average molecular weight is 357 g/mol. The van der Waals surface area contributed by atoms with Gasteiger partial charge in [-0.15, -0.1) is 0 Å². The number of benzene rings is 1. The van der Waals surface area contributed by atoms with Gasteiger partial charge in [-0.25, -0.2) is 0 Å². The van der Waals surface area contributed by atoms with E-state index in [1.807, 2.05) is 12.1 Å².